The monoisotopic (exact) mass is 646 g/mol. The Balaban J connectivity index is 1.32. The van der Waals surface area contributed by atoms with Crippen molar-refractivity contribution in [1.29, 1.82) is 0 Å². The van der Waals surface area contributed by atoms with Gasteiger partial charge in [0.1, 0.15) is 35.9 Å². The molecule has 1 fully saturated rings. The Kier molecular flexibility index (Phi) is 12.2. The van der Waals surface area contributed by atoms with Crippen molar-refractivity contribution in [1.82, 2.24) is 0 Å². The summed E-state index contributed by atoms with van der Waals surface area (Å²) in [5, 5.41) is 0. The molecule has 0 unspecified atom stereocenters. The summed E-state index contributed by atoms with van der Waals surface area (Å²) >= 11 is 0. The largest absolute Gasteiger partial charge is 0.497 e. The molecule has 5 aromatic rings. The van der Waals surface area contributed by atoms with E-state index in [0.717, 1.165) is 28.0 Å². The summed E-state index contributed by atoms with van der Waals surface area (Å²) in [6, 6.07) is 47.7. The van der Waals surface area contributed by atoms with Gasteiger partial charge in [-0.3, -0.25) is 0 Å². The van der Waals surface area contributed by atoms with Crippen molar-refractivity contribution < 1.29 is 33.2 Å². The van der Waals surface area contributed by atoms with Gasteiger partial charge >= 0.3 is 0 Å². The Bertz CT molecular complexity index is 1600. The summed E-state index contributed by atoms with van der Waals surface area (Å²) in [4.78, 5) is 0. The minimum Gasteiger partial charge on any atom is -0.497 e. The molecule has 248 valence electrons. The molecular weight excluding hydrogens is 604 g/mol. The Labute approximate surface area is 282 Å². The average molecular weight is 647 g/mol. The van der Waals surface area contributed by atoms with Crippen LogP contribution in [0.1, 0.15) is 22.3 Å². The molecule has 1 heterocycles. The topological polar surface area (TPSA) is 64.6 Å². The molecule has 0 saturated carbocycles. The molecule has 0 amide bonds. The fraction of sp³-hybridized carbons (Fsp3) is 0.268. The molecule has 0 aliphatic carbocycles. The van der Waals surface area contributed by atoms with E-state index >= 15 is 0 Å². The lowest BCUT2D eigenvalue weighted by Gasteiger charge is -2.45. The summed E-state index contributed by atoms with van der Waals surface area (Å²) in [5.41, 5.74) is 4.18. The number of hydrogen-bond acceptors (Lipinski definition) is 7. The summed E-state index contributed by atoms with van der Waals surface area (Å²) in [7, 11) is 1.64. The van der Waals surface area contributed by atoms with Gasteiger partial charge in [-0.05, 0) is 46.5 Å². The predicted molar refractivity (Wildman–Crippen MR) is 183 cm³/mol. The Morgan fingerprint density at radius 2 is 0.875 bits per heavy atom. The van der Waals surface area contributed by atoms with Crippen LogP contribution in [0.25, 0.3) is 0 Å². The van der Waals surface area contributed by atoms with E-state index in [1.165, 1.54) is 0 Å². The molecule has 7 nitrogen and oxygen atoms in total. The molecule has 7 heteroatoms. The maximum atomic E-state index is 6.78. The van der Waals surface area contributed by atoms with Gasteiger partial charge in [0.25, 0.3) is 0 Å². The predicted octanol–water partition coefficient (Wildman–Crippen LogP) is 7.77. The summed E-state index contributed by atoms with van der Waals surface area (Å²) in [5.74, 6) is 1.35. The summed E-state index contributed by atoms with van der Waals surface area (Å²) in [6.45, 7) is 1.75. The van der Waals surface area contributed by atoms with E-state index in [0.29, 0.717) is 32.2 Å². The van der Waals surface area contributed by atoms with Crippen LogP contribution in [0.4, 0.5) is 0 Å². The van der Waals surface area contributed by atoms with Crippen LogP contribution in [-0.4, -0.2) is 44.4 Å². The van der Waals surface area contributed by atoms with Crippen LogP contribution in [0.3, 0.4) is 0 Å². The SMILES string of the molecule is COc1ccc(O[C@@H]2O[C@H](COCc3ccccc3)[C@H](OCc3ccccc3)[C@H](OCc3ccccc3)[C@H]2OCc2ccccc2)cc1. The zero-order valence-corrected chi connectivity index (χ0v) is 27.1. The minimum absolute atomic E-state index is 0.257. The van der Waals surface area contributed by atoms with Crippen LogP contribution in [0.5, 0.6) is 11.5 Å². The van der Waals surface area contributed by atoms with E-state index in [-0.39, 0.29) is 6.61 Å². The lowest BCUT2D eigenvalue weighted by Crippen LogP contribution is -2.62. The normalized spacial score (nSPS) is 20.6. The van der Waals surface area contributed by atoms with Gasteiger partial charge in [0, 0.05) is 0 Å². The third-order valence-electron chi connectivity index (χ3n) is 8.15. The van der Waals surface area contributed by atoms with Gasteiger partial charge in [0.05, 0.1) is 40.1 Å². The highest BCUT2D eigenvalue weighted by Crippen LogP contribution is 2.33. The standard InChI is InChI=1S/C41H42O7/c1-42-35-22-24-36(25-23-35)47-41-40(46-29-34-20-12-5-13-21-34)39(45-28-33-18-10-4-11-19-33)38(44-27-32-16-8-3-9-17-32)37(48-41)30-43-26-31-14-6-2-7-15-31/h2-25,37-41H,26-30H2,1H3/t37-,38+,39+,40-,41-/m1/s1. The van der Waals surface area contributed by atoms with E-state index in [1.54, 1.807) is 7.11 Å². The first kappa shape index (κ1) is 33.4. The molecule has 5 aromatic carbocycles. The van der Waals surface area contributed by atoms with E-state index in [9.17, 15) is 0 Å². The molecule has 6 rings (SSSR count). The van der Waals surface area contributed by atoms with Crippen LogP contribution in [0.15, 0.2) is 146 Å². The molecule has 0 aromatic heterocycles. The van der Waals surface area contributed by atoms with E-state index < -0.39 is 30.7 Å². The Morgan fingerprint density at radius 3 is 1.35 bits per heavy atom. The van der Waals surface area contributed by atoms with Crippen molar-refractivity contribution >= 4 is 0 Å². The first-order chi connectivity index (χ1) is 23.7. The maximum absolute atomic E-state index is 6.78. The zero-order chi connectivity index (χ0) is 32.8. The highest BCUT2D eigenvalue weighted by Gasteiger charge is 2.49. The number of ether oxygens (including phenoxy) is 7. The van der Waals surface area contributed by atoms with Crippen molar-refractivity contribution in [3.05, 3.63) is 168 Å². The Morgan fingerprint density at radius 1 is 0.458 bits per heavy atom. The summed E-state index contributed by atoms with van der Waals surface area (Å²) in [6.07, 6.45) is -3.12. The van der Waals surface area contributed by atoms with Crippen LogP contribution >= 0.6 is 0 Å². The van der Waals surface area contributed by atoms with Gasteiger partial charge in [-0.15, -0.1) is 0 Å². The molecule has 0 spiro atoms. The van der Waals surface area contributed by atoms with Crippen molar-refractivity contribution in [2.24, 2.45) is 0 Å². The molecule has 1 aliphatic rings. The third kappa shape index (κ3) is 9.53. The minimum atomic E-state index is -0.829. The lowest BCUT2D eigenvalue weighted by molar-refractivity contribution is -0.310. The first-order valence-corrected chi connectivity index (χ1v) is 16.3. The van der Waals surface area contributed by atoms with Crippen molar-refractivity contribution in [3.8, 4) is 11.5 Å². The third-order valence-corrected chi connectivity index (χ3v) is 8.15. The van der Waals surface area contributed by atoms with Gasteiger partial charge in [-0.2, -0.15) is 0 Å². The first-order valence-electron chi connectivity index (χ1n) is 16.3. The van der Waals surface area contributed by atoms with E-state index in [1.807, 2.05) is 146 Å². The van der Waals surface area contributed by atoms with Crippen molar-refractivity contribution in [2.45, 2.75) is 57.1 Å². The van der Waals surface area contributed by atoms with Gasteiger partial charge in [0.2, 0.25) is 6.29 Å². The van der Waals surface area contributed by atoms with Gasteiger partial charge in [0.15, 0.2) is 0 Å². The van der Waals surface area contributed by atoms with E-state index in [2.05, 4.69) is 0 Å². The molecule has 1 saturated heterocycles. The van der Waals surface area contributed by atoms with E-state index in [4.69, 9.17) is 33.2 Å². The second kappa shape index (κ2) is 17.6. The molecule has 1 aliphatic heterocycles. The molecule has 48 heavy (non-hydrogen) atoms. The molecule has 5 atom stereocenters. The van der Waals surface area contributed by atoms with Crippen LogP contribution in [-0.2, 0) is 50.1 Å². The molecule has 0 radical (unpaired) electrons. The highest BCUT2D eigenvalue weighted by molar-refractivity contribution is 5.31. The zero-order valence-electron chi connectivity index (χ0n) is 27.1. The highest BCUT2D eigenvalue weighted by atomic mass is 16.7. The van der Waals surface area contributed by atoms with Crippen LogP contribution < -0.4 is 9.47 Å². The molecule has 0 N–H and O–H groups in total. The number of rotatable bonds is 16. The quantitative estimate of drug-likeness (QED) is 0.109. The average Bonchev–Trinajstić information content (AvgIpc) is 3.15. The fourth-order valence-electron chi connectivity index (χ4n) is 5.63. The van der Waals surface area contributed by atoms with Crippen LogP contribution in [0.2, 0.25) is 0 Å². The van der Waals surface area contributed by atoms with Gasteiger partial charge in [-0.1, -0.05) is 121 Å². The number of hydrogen-bond donors (Lipinski definition) is 0. The fourth-order valence-corrected chi connectivity index (χ4v) is 5.63. The van der Waals surface area contributed by atoms with Crippen molar-refractivity contribution in [3.63, 3.8) is 0 Å². The second-order valence-corrected chi connectivity index (χ2v) is 11.6. The van der Waals surface area contributed by atoms with Crippen LogP contribution in [0, 0.1) is 0 Å². The lowest BCUT2D eigenvalue weighted by atomic mass is 9.97. The number of benzene rings is 5. The molecular formula is C41H42O7. The second-order valence-electron chi connectivity index (χ2n) is 11.6. The maximum Gasteiger partial charge on any atom is 0.229 e. The Hall–Kier alpha value is -4.50. The van der Waals surface area contributed by atoms with Gasteiger partial charge in [-0.25, -0.2) is 0 Å². The summed E-state index contributed by atoms with van der Waals surface area (Å²) < 4.78 is 45.1. The molecule has 0 bridgehead atoms. The smallest absolute Gasteiger partial charge is 0.229 e. The number of methoxy groups -OCH3 is 1. The van der Waals surface area contributed by atoms with Crippen molar-refractivity contribution in [2.75, 3.05) is 13.7 Å². The van der Waals surface area contributed by atoms with Gasteiger partial charge < -0.3 is 33.2 Å².